The van der Waals surface area contributed by atoms with E-state index in [1.54, 1.807) is 4.90 Å². The molecule has 1 aromatic rings. The van der Waals surface area contributed by atoms with Crippen LogP contribution >= 0.6 is 0 Å². The van der Waals surface area contributed by atoms with Crippen LogP contribution < -0.4 is 5.32 Å². The van der Waals surface area contributed by atoms with Crippen molar-refractivity contribution in [3.63, 3.8) is 0 Å². The summed E-state index contributed by atoms with van der Waals surface area (Å²) >= 11 is 0. The molecule has 2 rings (SSSR count). The zero-order valence-corrected chi connectivity index (χ0v) is 13.2. The van der Waals surface area contributed by atoms with Gasteiger partial charge in [-0.1, -0.05) is 37.3 Å². The first-order valence-corrected chi connectivity index (χ1v) is 7.52. The van der Waals surface area contributed by atoms with Gasteiger partial charge in [0.05, 0.1) is 0 Å². The number of nitrogens with zero attached hydrogens (tertiary/aromatic N) is 1. The highest BCUT2D eigenvalue weighted by Crippen LogP contribution is 2.24. The van der Waals surface area contributed by atoms with E-state index < -0.39 is 6.04 Å². The van der Waals surface area contributed by atoms with E-state index in [0.717, 1.165) is 5.56 Å². The third kappa shape index (κ3) is 3.26. The molecular formula is C17H24N2O2. The number of carbonyl (C=O) groups excluding carboxylic acids is 2. The fourth-order valence-corrected chi connectivity index (χ4v) is 2.92. The summed E-state index contributed by atoms with van der Waals surface area (Å²) in [6, 6.07) is 8.95. The lowest BCUT2D eigenvalue weighted by Gasteiger charge is -2.46. The van der Waals surface area contributed by atoms with Crippen molar-refractivity contribution in [2.24, 2.45) is 0 Å². The molecule has 1 saturated heterocycles. The van der Waals surface area contributed by atoms with Crippen LogP contribution in [0.4, 0.5) is 0 Å². The number of rotatable bonds is 3. The first kappa shape index (κ1) is 15.5. The van der Waals surface area contributed by atoms with Crippen molar-refractivity contribution in [2.45, 2.75) is 58.2 Å². The third-order valence-electron chi connectivity index (χ3n) is 3.86. The molecule has 1 heterocycles. The van der Waals surface area contributed by atoms with Crippen LogP contribution in [0, 0.1) is 0 Å². The molecule has 0 spiro atoms. The van der Waals surface area contributed by atoms with Gasteiger partial charge in [-0.15, -0.1) is 0 Å². The lowest BCUT2D eigenvalue weighted by Crippen LogP contribution is -2.68. The van der Waals surface area contributed by atoms with Gasteiger partial charge in [0.25, 0.3) is 0 Å². The SMILES string of the molecule is CCC1C(=O)NC(Cc2ccccc2)C(=O)N1C(C)(C)C. The van der Waals surface area contributed by atoms with Crippen molar-refractivity contribution in [1.82, 2.24) is 10.2 Å². The van der Waals surface area contributed by atoms with Gasteiger partial charge >= 0.3 is 0 Å². The Labute approximate surface area is 126 Å². The molecular weight excluding hydrogens is 264 g/mol. The first-order valence-electron chi connectivity index (χ1n) is 7.52. The van der Waals surface area contributed by atoms with Crippen molar-refractivity contribution in [3.8, 4) is 0 Å². The summed E-state index contributed by atoms with van der Waals surface area (Å²) in [5, 5.41) is 2.89. The van der Waals surface area contributed by atoms with E-state index >= 15 is 0 Å². The Morgan fingerprint density at radius 3 is 2.29 bits per heavy atom. The molecule has 2 amide bonds. The molecule has 2 atom stereocenters. The molecule has 0 bridgehead atoms. The molecule has 114 valence electrons. The van der Waals surface area contributed by atoms with E-state index in [1.165, 1.54) is 0 Å². The highest BCUT2D eigenvalue weighted by molar-refractivity contribution is 5.97. The van der Waals surface area contributed by atoms with Crippen molar-refractivity contribution in [3.05, 3.63) is 35.9 Å². The Kier molecular flexibility index (Phi) is 4.35. The minimum atomic E-state index is -0.470. The van der Waals surface area contributed by atoms with Gasteiger partial charge in [0.15, 0.2) is 0 Å². The summed E-state index contributed by atoms with van der Waals surface area (Å²) in [5.74, 6) is -0.0363. The summed E-state index contributed by atoms with van der Waals surface area (Å²) in [6.45, 7) is 7.87. The number of benzene rings is 1. The van der Waals surface area contributed by atoms with Crippen LogP contribution in [0.1, 0.15) is 39.7 Å². The van der Waals surface area contributed by atoms with E-state index in [0.29, 0.717) is 12.8 Å². The molecule has 1 aromatic carbocycles. The molecule has 0 saturated carbocycles. The van der Waals surface area contributed by atoms with Crippen molar-refractivity contribution in [1.29, 1.82) is 0 Å². The minimum absolute atomic E-state index is 0.0119. The molecule has 0 aromatic heterocycles. The largest absolute Gasteiger partial charge is 0.342 e. The Balaban J connectivity index is 2.25. The molecule has 4 heteroatoms. The second-order valence-electron chi connectivity index (χ2n) is 6.55. The number of hydrogen-bond acceptors (Lipinski definition) is 2. The van der Waals surface area contributed by atoms with Gasteiger partial charge in [0, 0.05) is 12.0 Å². The Morgan fingerprint density at radius 2 is 1.76 bits per heavy atom. The second-order valence-corrected chi connectivity index (χ2v) is 6.55. The molecule has 1 N–H and O–H groups in total. The van der Waals surface area contributed by atoms with Crippen LogP contribution in [0.15, 0.2) is 30.3 Å². The molecule has 21 heavy (non-hydrogen) atoms. The summed E-state index contributed by atoms with van der Waals surface area (Å²) in [7, 11) is 0. The monoisotopic (exact) mass is 288 g/mol. The van der Waals surface area contributed by atoms with Gasteiger partial charge < -0.3 is 10.2 Å². The van der Waals surface area contributed by atoms with E-state index in [-0.39, 0.29) is 23.4 Å². The van der Waals surface area contributed by atoms with Crippen LogP contribution in [-0.2, 0) is 16.0 Å². The molecule has 2 unspecified atom stereocenters. The number of amides is 2. The average molecular weight is 288 g/mol. The maximum atomic E-state index is 12.8. The van der Waals surface area contributed by atoms with Gasteiger partial charge in [-0.3, -0.25) is 9.59 Å². The Bertz CT molecular complexity index is 519. The zero-order chi connectivity index (χ0) is 15.6. The highest BCUT2D eigenvalue weighted by atomic mass is 16.2. The summed E-state index contributed by atoms with van der Waals surface area (Å²) < 4.78 is 0. The van der Waals surface area contributed by atoms with Gasteiger partial charge in [-0.05, 0) is 32.8 Å². The zero-order valence-electron chi connectivity index (χ0n) is 13.2. The molecule has 1 aliphatic rings. The van der Waals surface area contributed by atoms with E-state index in [4.69, 9.17) is 0 Å². The highest BCUT2D eigenvalue weighted by Gasteiger charge is 2.44. The van der Waals surface area contributed by atoms with Crippen molar-refractivity contribution < 1.29 is 9.59 Å². The van der Waals surface area contributed by atoms with Crippen molar-refractivity contribution in [2.75, 3.05) is 0 Å². The van der Waals surface area contributed by atoms with Gasteiger partial charge in [0.1, 0.15) is 12.1 Å². The van der Waals surface area contributed by atoms with Crippen LogP contribution in [0.5, 0.6) is 0 Å². The van der Waals surface area contributed by atoms with Crippen LogP contribution in [0.25, 0.3) is 0 Å². The molecule has 1 fully saturated rings. The number of hydrogen-bond donors (Lipinski definition) is 1. The van der Waals surface area contributed by atoms with Gasteiger partial charge in [-0.25, -0.2) is 0 Å². The predicted molar refractivity (Wildman–Crippen MR) is 82.8 cm³/mol. The lowest BCUT2D eigenvalue weighted by atomic mass is 9.93. The maximum Gasteiger partial charge on any atom is 0.246 e. The topological polar surface area (TPSA) is 49.4 Å². The molecule has 1 aliphatic heterocycles. The Hall–Kier alpha value is -1.84. The van der Waals surface area contributed by atoms with Gasteiger partial charge in [-0.2, -0.15) is 0 Å². The number of piperazine rings is 1. The summed E-state index contributed by atoms with van der Waals surface area (Å²) in [5.41, 5.74) is 0.699. The third-order valence-corrected chi connectivity index (χ3v) is 3.86. The van der Waals surface area contributed by atoms with E-state index in [9.17, 15) is 9.59 Å². The normalized spacial score (nSPS) is 23.1. The quantitative estimate of drug-likeness (QED) is 0.926. The molecule has 0 aliphatic carbocycles. The van der Waals surface area contributed by atoms with E-state index in [2.05, 4.69) is 5.32 Å². The summed E-state index contributed by atoms with van der Waals surface area (Å²) in [4.78, 5) is 26.9. The second kappa shape index (κ2) is 5.88. The fourth-order valence-electron chi connectivity index (χ4n) is 2.92. The van der Waals surface area contributed by atoms with Crippen molar-refractivity contribution >= 4 is 11.8 Å². The van der Waals surface area contributed by atoms with Gasteiger partial charge in [0.2, 0.25) is 11.8 Å². The van der Waals surface area contributed by atoms with Crippen LogP contribution in [-0.4, -0.2) is 34.3 Å². The fraction of sp³-hybridized carbons (Fsp3) is 0.529. The number of carbonyl (C=O) groups is 2. The molecule has 0 radical (unpaired) electrons. The predicted octanol–water partition coefficient (Wildman–Crippen LogP) is 2.13. The lowest BCUT2D eigenvalue weighted by molar-refractivity contribution is -0.155. The number of nitrogens with one attached hydrogen (secondary N) is 1. The standard InChI is InChI=1S/C17H24N2O2/c1-5-14-15(20)18-13(11-12-9-7-6-8-10-12)16(21)19(14)17(2,3)4/h6-10,13-14H,5,11H2,1-4H3,(H,18,20). The van der Waals surface area contributed by atoms with E-state index in [1.807, 2.05) is 58.0 Å². The summed E-state index contributed by atoms with van der Waals surface area (Å²) in [6.07, 6.45) is 1.17. The maximum absolute atomic E-state index is 12.8. The molecule has 4 nitrogen and oxygen atoms in total. The van der Waals surface area contributed by atoms with Crippen LogP contribution in [0.2, 0.25) is 0 Å². The average Bonchev–Trinajstić information content (AvgIpc) is 2.42. The van der Waals surface area contributed by atoms with Crippen LogP contribution in [0.3, 0.4) is 0 Å². The Morgan fingerprint density at radius 1 is 1.14 bits per heavy atom. The minimum Gasteiger partial charge on any atom is -0.342 e. The smallest absolute Gasteiger partial charge is 0.246 e. The first-order chi connectivity index (χ1) is 9.84.